The van der Waals surface area contributed by atoms with Crippen LogP contribution in [-0.2, 0) is 10.0 Å². The summed E-state index contributed by atoms with van der Waals surface area (Å²) in [4.78, 5) is 0. The monoisotopic (exact) mass is 215 g/mol. The minimum atomic E-state index is -3.15. The third-order valence-corrected chi connectivity index (χ3v) is 3.67. The molecule has 0 fully saturated rings. The predicted molar refractivity (Wildman–Crippen MR) is 59.3 cm³/mol. The Morgan fingerprint density at radius 2 is 2.21 bits per heavy atom. The fourth-order valence-electron chi connectivity index (χ4n) is 1.01. The minimum absolute atomic E-state index is 0.1000. The number of hydrogen-bond donors (Lipinski definition) is 0. The van der Waals surface area contributed by atoms with Crippen molar-refractivity contribution in [1.29, 1.82) is 0 Å². The molecule has 3 nitrogen and oxygen atoms in total. The Bertz CT molecular complexity index is 301. The molecule has 0 bridgehead atoms. The Balaban J connectivity index is 4.30. The first-order chi connectivity index (χ1) is 6.58. The Labute approximate surface area is 86.9 Å². The number of nitrogens with zero attached hydrogens (tertiary/aromatic N) is 1. The van der Waals surface area contributed by atoms with Gasteiger partial charge < -0.3 is 0 Å². The van der Waals surface area contributed by atoms with Crippen LogP contribution in [-0.4, -0.2) is 31.6 Å². The molecule has 0 spiro atoms. The lowest BCUT2D eigenvalue weighted by molar-refractivity contribution is 0.441. The molecule has 14 heavy (non-hydrogen) atoms. The van der Waals surface area contributed by atoms with Gasteiger partial charge in [0.05, 0.1) is 12.3 Å². The zero-order valence-corrected chi connectivity index (χ0v) is 9.39. The zero-order chi connectivity index (χ0) is 11.0. The van der Waals surface area contributed by atoms with E-state index in [4.69, 9.17) is 6.42 Å². The third kappa shape index (κ3) is 4.45. The molecule has 0 aromatic heterocycles. The maximum atomic E-state index is 11.5. The molecule has 0 N–H and O–H groups in total. The summed E-state index contributed by atoms with van der Waals surface area (Å²) < 4.78 is 24.3. The fourth-order valence-corrected chi connectivity index (χ4v) is 2.06. The highest BCUT2D eigenvalue weighted by Gasteiger charge is 2.17. The molecular formula is C10H17NO2S. The second-order valence-electron chi connectivity index (χ2n) is 2.87. The smallest absolute Gasteiger partial charge is 0.212 e. The van der Waals surface area contributed by atoms with Crippen molar-refractivity contribution < 1.29 is 8.42 Å². The van der Waals surface area contributed by atoms with Gasteiger partial charge in [-0.2, -0.15) is 4.31 Å². The second kappa shape index (κ2) is 6.63. The molecule has 0 unspecified atom stereocenters. The van der Waals surface area contributed by atoms with Crippen LogP contribution in [0.2, 0.25) is 0 Å². The van der Waals surface area contributed by atoms with Crippen LogP contribution in [0.15, 0.2) is 12.7 Å². The molecule has 0 aromatic rings. The fraction of sp³-hybridized carbons (Fsp3) is 0.600. The largest absolute Gasteiger partial charge is 0.214 e. The number of sulfonamides is 1. The summed E-state index contributed by atoms with van der Waals surface area (Å²) in [5, 5.41) is 0. The molecular weight excluding hydrogens is 198 g/mol. The number of terminal acetylenes is 1. The van der Waals surface area contributed by atoms with Crippen LogP contribution in [0.4, 0.5) is 0 Å². The highest BCUT2D eigenvalue weighted by atomic mass is 32.2. The Kier molecular flexibility index (Phi) is 6.26. The number of hydrogen-bond acceptors (Lipinski definition) is 2. The van der Waals surface area contributed by atoms with Gasteiger partial charge in [-0.3, -0.25) is 0 Å². The lowest BCUT2D eigenvalue weighted by Crippen LogP contribution is -2.33. The van der Waals surface area contributed by atoms with Gasteiger partial charge in [-0.15, -0.1) is 13.0 Å². The van der Waals surface area contributed by atoms with E-state index in [1.807, 2.05) is 0 Å². The average Bonchev–Trinajstić information content (AvgIpc) is 2.17. The predicted octanol–water partition coefficient (Wildman–Crippen LogP) is 1.24. The van der Waals surface area contributed by atoms with E-state index in [0.29, 0.717) is 6.54 Å². The number of rotatable bonds is 7. The maximum absolute atomic E-state index is 11.5. The first-order valence-corrected chi connectivity index (χ1v) is 6.21. The first kappa shape index (κ1) is 13.2. The number of allylic oxidation sites excluding steroid dienone is 1. The van der Waals surface area contributed by atoms with Crippen LogP contribution in [0.25, 0.3) is 0 Å². The van der Waals surface area contributed by atoms with E-state index in [1.165, 1.54) is 4.31 Å². The highest BCUT2D eigenvalue weighted by molar-refractivity contribution is 7.89. The molecule has 4 heteroatoms. The van der Waals surface area contributed by atoms with E-state index in [1.54, 1.807) is 13.0 Å². The van der Waals surface area contributed by atoms with Crippen LogP contribution in [0.5, 0.6) is 0 Å². The molecule has 0 rings (SSSR count). The summed E-state index contributed by atoms with van der Waals surface area (Å²) >= 11 is 0. The van der Waals surface area contributed by atoms with Crippen LogP contribution >= 0.6 is 0 Å². The zero-order valence-electron chi connectivity index (χ0n) is 8.57. The van der Waals surface area contributed by atoms with Gasteiger partial charge in [0.25, 0.3) is 0 Å². The molecule has 0 amide bonds. The highest BCUT2D eigenvalue weighted by Crippen LogP contribution is 2.03. The van der Waals surface area contributed by atoms with E-state index in [-0.39, 0.29) is 12.3 Å². The van der Waals surface area contributed by atoms with Gasteiger partial charge in [-0.1, -0.05) is 12.0 Å². The summed E-state index contributed by atoms with van der Waals surface area (Å²) in [6.45, 7) is 5.83. The van der Waals surface area contributed by atoms with Gasteiger partial charge >= 0.3 is 0 Å². The van der Waals surface area contributed by atoms with Crippen molar-refractivity contribution in [2.45, 2.75) is 19.8 Å². The van der Waals surface area contributed by atoms with Crippen molar-refractivity contribution in [2.24, 2.45) is 0 Å². The van der Waals surface area contributed by atoms with Crippen LogP contribution in [0.1, 0.15) is 19.8 Å². The molecule has 0 atom stereocenters. The lowest BCUT2D eigenvalue weighted by Gasteiger charge is -2.18. The second-order valence-corrected chi connectivity index (χ2v) is 5.13. The summed E-state index contributed by atoms with van der Waals surface area (Å²) in [6.07, 6.45) is 8.45. The van der Waals surface area contributed by atoms with Crippen LogP contribution < -0.4 is 0 Å². The van der Waals surface area contributed by atoms with Crippen LogP contribution in [0, 0.1) is 12.3 Å². The van der Waals surface area contributed by atoms with Crippen molar-refractivity contribution in [1.82, 2.24) is 4.31 Å². The normalized spacial score (nSPS) is 11.2. The number of unbranched alkanes of at least 4 members (excludes halogenated alkanes) is 1. The Morgan fingerprint density at radius 3 is 2.64 bits per heavy atom. The van der Waals surface area contributed by atoms with Gasteiger partial charge in [-0.05, 0) is 19.8 Å². The van der Waals surface area contributed by atoms with Gasteiger partial charge in [0.15, 0.2) is 0 Å². The molecule has 0 aliphatic rings. The summed E-state index contributed by atoms with van der Waals surface area (Å²) in [7, 11) is -3.15. The molecule has 0 heterocycles. The van der Waals surface area contributed by atoms with Crippen molar-refractivity contribution >= 4 is 10.0 Å². The topological polar surface area (TPSA) is 37.4 Å². The van der Waals surface area contributed by atoms with Crippen molar-refractivity contribution in [2.75, 3.05) is 18.8 Å². The van der Waals surface area contributed by atoms with Gasteiger partial charge in [0.2, 0.25) is 10.0 Å². The van der Waals surface area contributed by atoms with Gasteiger partial charge in [0.1, 0.15) is 0 Å². The minimum Gasteiger partial charge on any atom is -0.212 e. The van der Waals surface area contributed by atoms with E-state index in [0.717, 1.165) is 12.8 Å². The van der Waals surface area contributed by atoms with E-state index >= 15 is 0 Å². The quantitative estimate of drug-likeness (QED) is 0.364. The molecule has 0 radical (unpaired) electrons. The Morgan fingerprint density at radius 1 is 1.57 bits per heavy atom. The standard InChI is InChI=1S/C10H17NO2S/c1-4-7-8-10-11(9-5-2)14(12,13)6-3/h2,4H,1,6-10H2,3H3. The molecule has 80 valence electrons. The van der Waals surface area contributed by atoms with E-state index < -0.39 is 10.0 Å². The molecule has 0 saturated carbocycles. The molecule has 0 saturated heterocycles. The summed E-state index contributed by atoms with van der Waals surface area (Å²) in [5.41, 5.74) is 0. The molecule has 0 aliphatic heterocycles. The van der Waals surface area contributed by atoms with E-state index in [9.17, 15) is 8.42 Å². The maximum Gasteiger partial charge on any atom is 0.214 e. The van der Waals surface area contributed by atoms with Crippen molar-refractivity contribution in [3.63, 3.8) is 0 Å². The lowest BCUT2D eigenvalue weighted by atomic mass is 10.3. The van der Waals surface area contributed by atoms with Crippen molar-refractivity contribution in [3.8, 4) is 12.3 Å². The summed E-state index contributed by atoms with van der Waals surface area (Å²) in [6, 6.07) is 0. The first-order valence-electron chi connectivity index (χ1n) is 4.60. The van der Waals surface area contributed by atoms with Gasteiger partial charge in [-0.25, -0.2) is 8.42 Å². The van der Waals surface area contributed by atoms with Gasteiger partial charge in [0, 0.05) is 6.54 Å². The Hall–Kier alpha value is -0.790. The van der Waals surface area contributed by atoms with Crippen molar-refractivity contribution in [3.05, 3.63) is 12.7 Å². The SMILES string of the molecule is C#CCN(CCCC=C)S(=O)(=O)CC. The molecule has 0 aromatic carbocycles. The third-order valence-electron chi connectivity index (χ3n) is 1.84. The average molecular weight is 215 g/mol. The summed E-state index contributed by atoms with van der Waals surface area (Å²) in [5.74, 6) is 2.46. The van der Waals surface area contributed by atoms with E-state index in [2.05, 4.69) is 12.5 Å². The van der Waals surface area contributed by atoms with Crippen LogP contribution in [0.3, 0.4) is 0 Å². The molecule has 0 aliphatic carbocycles.